The quantitative estimate of drug-likeness (QED) is 0.237. The highest BCUT2D eigenvalue weighted by atomic mass is 35.5. The summed E-state index contributed by atoms with van der Waals surface area (Å²) < 4.78 is 0. The Morgan fingerprint density at radius 1 is 1.25 bits per heavy atom. The largest absolute Gasteiger partial charge is 0.481 e. The summed E-state index contributed by atoms with van der Waals surface area (Å²) in [4.78, 5) is 13.0. The van der Waals surface area contributed by atoms with Gasteiger partial charge in [0.1, 0.15) is 0 Å². The summed E-state index contributed by atoms with van der Waals surface area (Å²) in [5, 5.41) is 8.86. The molecule has 0 spiro atoms. The van der Waals surface area contributed by atoms with Crippen molar-refractivity contribution in [3.8, 4) is 0 Å². The number of halogens is 1. The van der Waals surface area contributed by atoms with Crippen LogP contribution in [0.4, 0.5) is 5.69 Å². The Bertz CT molecular complexity index is 614. The number of hydrogen-bond acceptors (Lipinski definition) is 2. The Morgan fingerprint density at radius 3 is 2.68 bits per heavy atom. The van der Waals surface area contributed by atoms with Crippen molar-refractivity contribution in [1.82, 2.24) is 0 Å². The van der Waals surface area contributed by atoms with E-state index in [9.17, 15) is 4.79 Å². The standard InChI is InChI=1S/C24H36ClNO2/c1-3-4-7-10-19(2)20-13-15-21(16-14-20)26-18-17-22(25)23(26)11-8-5-6-9-12-24(27)28/h5,8,13-16,19,22-23H,3-4,6-7,9-12,17-18H2,1-2H3,(H,27,28)/b8-5-/t19?,22?,23-/m0/s1. The van der Waals surface area contributed by atoms with E-state index in [1.165, 1.54) is 36.9 Å². The minimum atomic E-state index is -0.723. The zero-order chi connectivity index (χ0) is 20.4. The van der Waals surface area contributed by atoms with Crippen LogP contribution in [0.3, 0.4) is 0 Å². The van der Waals surface area contributed by atoms with Gasteiger partial charge >= 0.3 is 5.97 Å². The van der Waals surface area contributed by atoms with Crippen molar-refractivity contribution < 1.29 is 9.90 Å². The number of aliphatic carboxylic acids is 1. The van der Waals surface area contributed by atoms with Crippen LogP contribution in [-0.4, -0.2) is 29.0 Å². The lowest BCUT2D eigenvalue weighted by Gasteiger charge is -2.28. The lowest BCUT2D eigenvalue weighted by molar-refractivity contribution is -0.137. The first-order valence-corrected chi connectivity index (χ1v) is 11.3. The van der Waals surface area contributed by atoms with Gasteiger partial charge in [0.05, 0.1) is 5.38 Å². The number of anilines is 1. The maximum absolute atomic E-state index is 10.6. The number of hydrogen-bond donors (Lipinski definition) is 1. The smallest absolute Gasteiger partial charge is 0.303 e. The molecule has 3 nitrogen and oxygen atoms in total. The Labute approximate surface area is 175 Å². The lowest BCUT2D eigenvalue weighted by atomic mass is 9.95. The molecule has 4 heteroatoms. The molecule has 28 heavy (non-hydrogen) atoms. The maximum Gasteiger partial charge on any atom is 0.303 e. The predicted octanol–water partition coefficient (Wildman–Crippen LogP) is 6.76. The summed E-state index contributed by atoms with van der Waals surface area (Å²) in [7, 11) is 0. The molecule has 0 radical (unpaired) electrons. The first-order chi connectivity index (χ1) is 13.5. The zero-order valence-electron chi connectivity index (χ0n) is 17.4. The molecule has 0 saturated carbocycles. The van der Waals surface area contributed by atoms with Crippen molar-refractivity contribution in [2.24, 2.45) is 0 Å². The average molecular weight is 406 g/mol. The molecular weight excluding hydrogens is 370 g/mol. The number of nitrogens with zero attached hydrogens (tertiary/aromatic N) is 1. The molecule has 1 fully saturated rings. The third-order valence-electron chi connectivity index (χ3n) is 5.80. The molecule has 2 rings (SSSR count). The minimum absolute atomic E-state index is 0.163. The second kappa shape index (κ2) is 12.2. The van der Waals surface area contributed by atoms with Gasteiger partial charge < -0.3 is 10.0 Å². The highest BCUT2D eigenvalue weighted by Gasteiger charge is 2.31. The Balaban J connectivity index is 1.89. The number of carboxylic acids is 1. The first-order valence-electron chi connectivity index (χ1n) is 10.9. The first kappa shape index (κ1) is 22.8. The maximum atomic E-state index is 10.6. The molecule has 156 valence electrons. The van der Waals surface area contributed by atoms with Gasteiger partial charge in [0.2, 0.25) is 0 Å². The fourth-order valence-electron chi connectivity index (χ4n) is 4.00. The van der Waals surface area contributed by atoms with E-state index >= 15 is 0 Å². The van der Waals surface area contributed by atoms with Gasteiger partial charge in [0.15, 0.2) is 0 Å². The van der Waals surface area contributed by atoms with Crippen LogP contribution >= 0.6 is 11.6 Å². The molecule has 1 aliphatic heterocycles. The second-order valence-electron chi connectivity index (χ2n) is 8.05. The summed E-state index contributed by atoms with van der Waals surface area (Å²) >= 11 is 6.60. The molecule has 1 heterocycles. The highest BCUT2D eigenvalue weighted by Crippen LogP contribution is 2.32. The van der Waals surface area contributed by atoms with Crippen LogP contribution in [0.2, 0.25) is 0 Å². The van der Waals surface area contributed by atoms with E-state index < -0.39 is 5.97 Å². The van der Waals surface area contributed by atoms with E-state index in [2.05, 4.69) is 55.2 Å². The van der Waals surface area contributed by atoms with E-state index in [0.717, 1.165) is 25.8 Å². The Kier molecular flexibility index (Phi) is 9.91. The predicted molar refractivity (Wildman–Crippen MR) is 120 cm³/mol. The number of allylic oxidation sites excluding steroid dienone is 1. The molecule has 1 aromatic carbocycles. The van der Waals surface area contributed by atoms with Gasteiger partial charge in [-0.15, -0.1) is 11.6 Å². The SMILES string of the molecule is CCCCCC(C)c1ccc(N2CCC(Cl)[C@@H]2C/C=C\CCCC(=O)O)cc1. The molecule has 0 aromatic heterocycles. The van der Waals surface area contributed by atoms with Crippen molar-refractivity contribution in [2.45, 2.75) is 89.0 Å². The van der Waals surface area contributed by atoms with Gasteiger partial charge in [-0.2, -0.15) is 0 Å². The van der Waals surface area contributed by atoms with Gasteiger partial charge in [-0.3, -0.25) is 4.79 Å². The van der Waals surface area contributed by atoms with Gasteiger partial charge in [-0.25, -0.2) is 0 Å². The fourth-order valence-corrected chi connectivity index (χ4v) is 4.33. The van der Waals surface area contributed by atoms with Gasteiger partial charge in [-0.1, -0.05) is 57.4 Å². The fraction of sp³-hybridized carbons (Fsp3) is 0.625. The van der Waals surface area contributed by atoms with Crippen molar-refractivity contribution in [1.29, 1.82) is 0 Å². The number of rotatable bonds is 12. The van der Waals surface area contributed by atoms with Gasteiger partial charge in [0.25, 0.3) is 0 Å². The molecule has 0 amide bonds. The molecule has 2 unspecified atom stereocenters. The van der Waals surface area contributed by atoms with Crippen molar-refractivity contribution in [3.05, 3.63) is 42.0 Å². The normalized spacial score (nSPS) is 20.8. The summed E-state index contributed by atoms with van der Waals surface area (Å²) in [5.74, 6) is -0.108. The van der Waals surface area contributed by atoms with E-state index in [1.807, 2.05) is 0 Å². The van der Waals surface area contributed by atoms with E-state index in [0.29, 0.717) is 18.4 Å². The molecule has 3 atom stereocenters. The number of benzene rings is 1. The molecule has 1 aliphatic rings. The Morgan fingerprint density at radius 2 is 2.00 bits per heavy atom. The van der Waals surface area contributed by atoms with Crippen LogP contribution < -0.4 is 4.90 Å². The van der Waals surface area contributed by atoms with Crippen LogP contribution in [0.1, 0.15) is 83.1 Å². The van der Waals surface area contributed by atoms with E-state index in [1.54, 1.807) is 0 Å². The van der Waals surface area contributed by atoms with E-state index in [4.69, 9.17) is 16.7 Å². The molecule has 0 aliphatic carbocycles. The number of unbranched alkanes of at least 4 members (excludes halogenated alkanes) is 3. The molecule has 0 bridgehead atoms. The number of carboxylic acid groups (broad SMARTS) is 1. The molecule has 1 N–H and O–H groups in total. The van der Waals surface area contributed by atoms with Crippen molar-refractivity contribution in [2.75, 3.05) is 11.4 Å². The van der Waals surface area contributed by atoms with Crippen LogP contribution in [-0.2, 0) is 4.79 Å². The van der Waals surface area contributed by atoms with Crippen LogP contribution in [0.15, 0.2) is 36.4 Å². The number of carbonyl (C=O) groups is 1. The molecule has 1 saturated heterocycles. The highest BCUT2D eigenvalue weighted by molar-refractivity contribution is 6.21. The topological polar surface area (TPSA) is 40.5 Å². The zero-order valence-corrected chi connectivity index (χ0v) is 18.2. The third-order valence-corrected chi connectivity index (χ3v) is 6.31. The van der Waals surface area contributed by atoms with Crippen molar-refractivity contribution >= 4 is 23.3 Å². The summed E-state index contributed by atoms with van der Waals surface area (Å²) in [6.45, 7) is 5.58. The number of alkyl halides is 1. The minimum Gasteiger partial charge on any atom is -0.481 e. The van der Waals surface area contributed by atoms with Crippen molar-refractivity contribution in [3.63, 3.8) is 0 Å². The second-order valence-corrected chi connectivity index (χ2v) is 8.61. The van der Waals surface area contributed by atoms with Crippen LogP contribution in [0, 0.1) is 0 Å². The van der Waals surface area contributed by atoms with Gasteiger partial charge in [-0.05, 0) is 55.7 Å². The molecule has 1 aromatic rings. The average Bonchev–Trinajstić information content (AvgIpc) is 3.05. The van der Waals surface area contributed by atoms with Gasteiger partial charge in [0, 0.05) is 24.7 Å². The summed E-state index contributed by atoms with van der Waals surface area (Å²) in [6.07, 6.45) is 13.1. The van der Waals surface area contributed by atoms with Crippen LogP contribution in [0.25, 0.3) is 0 Å². The summed E-state index contributed by atoms with van der Waals surface area (Å²) in [5.41, 5.74) is 2.69. The monoisotopic (exact) mass is 405 g/mol. The third kappa shape index (κ3) is 7.16. The molecular formula is C24H36ClNO2. The summed E-state index contributed by atoms with van der Waals surface area (Å²) in [6, 6.07) is 9.39. The Hall–Kier alpha value is -1.48. The van der Waals surface area contributed by atoms with Crippen LogP contribution in [0.5, 0.6) is 0 Å². The van der Waals surface area contributed by atoms with E-state index in [-0.39, 0.29) is 11.8 Å². The lowest BCUT2D eigenvalue weighted by Crippen LogP contribution is -2.32.